The van der Waals surface area contributed by atoms with Gasteiger partial charge in [-0.25, -0.2) is 10.1 Å². The maximum Gasteiger partial charge on any atom is 0.342 e. The second-order valence-corrected chi connectivity index (χ2v) is 8.91. The maximum absolute atomic E-state index is 13.3. The molecule has 2 aromatic heterocycles. The Morgan fingerprint density at radius 2 is 2.03 bits per heavy atom. The molecular weight excluding hydrogens is 421 g/mol. The maximum atomic E-state index is 13.3. The highest BCUT2D eigenvalue weighted by atomic mass is 31.2. The van der Waals surface area contributed by atoms with Crippen LogP contribution >= 0.6 is 7.52 Å². The topological polar surface area (TPSA) is 146 Å². The zero-order chi connectivity index (χ0) is 22.4. The predicted molar refractivity (Wildman–Crippen MR) is 118 cm³/mol. The van der Waals surface area contributed by atoms with Gasteiger partial charge < -0.3 is 24.9 Å². The van der Waals surface area contributed by atoms with Crippen molar-refractivity contribution in [3.05, 3.63) is 36.7 Å². The van der Waals surface area contributed by atoms with Crippen LogP contribution in [0, 0.1) is 0 Å². The van der Waals surface area contributed by atoms with E-state index in [-0.39, 0.29) is 24.7 Å². The van der Waals surface area contributed by atoms with Gasteiger partial charge in [-0.15, -0.1) is 0 Å². The SMILES string of the molecule is CNc1nc(N)nc2c1ncn2CCOCP(=O)(N[C@@H](C)C(C)=O)Oc1ccccc1. The first-order valence-corrected chi connectivity index (χ1v) is 11.5. The average molecular weight is 447 g/mol. The molecule has 0 saturated carbocycles. The standard InChI is InChI=1S/C19H26N7O4P/c1-13(14(2)27)25-31(28,30-15-7-5-4-6-8-15)12-29-10-9-26-11-22-16-17(21-3)23-19(20)24-18(16)26/h4-8,11,13H,9-10,12H2,1-3H3,(H,25,28)(H3,20,21,23,24)/t13-,31?/m0/s1. The largest absolute Gasteiger partial charge is 0.431 e. The molecule has 1 unspecified atom stereocenters. The summed E-state index contributed by atoms with van der Waals surface area (Å²) in [7, 11) is -1.78. The number of ether oxygens (including phenoxy) is 1. The summed E-state index contributed by atoms with van der Waals surface area (Å²) in [5.74, 6) is 0.928. The minimum Gasteiger partial charge on any atom is -0.431 e. The molecule has 3 aromatic rings. The first-order chi connectivity index (χ1) is 14.8. The summed E-state index contributed by atoms with van der Waals surface area (Å²) in [5.41, 5.74) is 6.91. The molecule has 1 aromatic carbocycles. The lowest BCUT2D eigenvalue weighted by Crippen LogP contribution is -2.32. The number of nitrogen functional groups attached to an aromatic ring is 1. The zero-order valence-corrected chi connectivity index (χ0v) is 18.5. The molecule has 0 saturated heterocycles. The molecule has 0 aliphatic carbocycles. The van der Waals surface area contributed by atoms with Gasteiger partial charge in [0.2, 0.25) is 5.95 Å². The lowest BCUT2D eigenvalue weighted by atomic mass is 10.3. The average Bonchev–Trinajstić information content (AvgIpc) is 3.14. The van der Waals surface area contributed by atoms with Gasteiger partial charge in [0, 0.05) is 13.6 Å². The van der Waals surface area contributed by atoms with E-state index < -0.39 is 13.6 Å². The Kier molecular flexibility index (Phi) is 7.21. The number of imidazole rings is 1. The van der Waals surface area contributed by atoms with Crippen molar-refractivity contribution in [3.63, 3.8) is 0 Å². The van der Waals surface area contributed by atoms with Gasteiger partial charge in [-0.05, 0) is 26.0 Å². The summed E-state index contributed by atoms with van der Waals surface area (Å²) in [6.45, 7) is 3.65. The lowest BCUT2D eigenvalue weighted by molar-refractivity contribution is -0.118. The van der Waals surface area contributed by atoms with E-state index in [4.69, 9.17) is 15.0 Å². The number of benzene rings is 1. The molecule has 0 amide bonds. The number of nitrogens with zero attached hydrogens (tertiary/aromatic N) is 4. The van der Waals surface area contributed by atoms with Crippen molar-refractivity contribution in [3.8, 4) is 5.75 Å². The molecule has 2 heterocycles. The van der Waals surface area contributed by atoms with E-state index in [1.807, 2.05) is 6.07 Å². The number of nitrogens with two attached hydrogens (primary N) is 1. The van der Waals surface area contributed by atoms with Gasteiger partial charge in [0.25, 0.3) is 0 Å². The predicted octanol–water partition coefficient (Wildman–Crippen LogP) is 2.26. The van der Waals surface area contributed by atoms with Gasteiger partial charge in [-0.3, -0.25) is 9.36 Å². The Balaban J connectivity index is 1.66. The highest BCUT2D eigenvalue weighted by Gasteiger charge is 2.29. The summed E-state index contributed by atoms with van der Waals surface area (Å²) >= 11 is 0. The van der Waals surface area contributed by atoms with Crippen LogP contribution in [0.3, 0.4) is 0 Å². The Labute approximate surface area is 179 Å². The summed E-state index contributed by atoms with van der Waals surface area (Å²) in [6.07, 6.45) is 1.39. The molecule has 2 atom stereocenters. The van der Waals surface area contributed by atoms with E-state index >= 15 is 0 Å². The van der Waals surface area contributed by atoms with Gasteiger partial charge in [0.15, 0.2) is 17.0 Å². The Morgan fingerprint density at radius 1 is 1.29 bits per heavy atom. The molecule has 3 rings (SSSR count). The van der Waals surface area contributed by atoms with Crippen molar-refractivity contribution in [2.24, 2.45) is 0 Å². The molecule has 31 heavy (non-hydrogen) atoms. The summed E-state index contributed by atoms with van der Waals surface area (Å²) in [6, 6.07) is 8.10. The third-order valence-corrected chi connectivity index (χ3v) is 6.26. The van der Waals surface area contributed by atoms with Crippen molar-refractivity contribution < 1.29 is 18.6 Å². The summed E-state index contributed by atoms with van der Waals surface area (Å²) in [5, 5.41) is 5.72. The first-order valence-electron chi connectivity index (χ1n) is 9.67. The van der Waals surface area contributed by atoms with Crippen LogP contribution in [0.1, 0.15) is 13.8 Å². The first kappa shape index (κ1) is 22.7. The Morgan fingerprint density at radius 3 is 2.71 bits per heavy atom. The quantitative estimate of drug-likeness (QED) is 0.295. The molecule has 11 nitrogen and oxygen atoms in total. The number of para-hydroxylation sites is 1. The highest BCUT2D eigenvalue weighted by Crippen LogP contribution is 2.43. The number of hydrogen-bond acceptors (Lipinski definition) is 9. The second kappa shape index (κ2) is 9.86. The van der Waals surface area contributed by atoms with Gasteiger partial charge in [0.05, 0.1) is 19.0 Å². The van der Waals surface area contributed by atoms with Crippen LogP contribution in [0.25, 0.3) is 11.2 Å². The monoisotopic (exact) mass is 447 g/mol. The molecule has 0 aliphatic rings. The van der Waals surface area contributed by atoms with Crippen LogP contribution in [-0.4, -0.2) is 51.3 Å². The van der Waals surface area contributed by atoms with Gasteiger partial charge in [-0.2, -0.15) is 9.97 Å². The number of carbonyl (C=O) groups excluding carboxylic acids is 1. The molecular formula is C19H26N7O4P. The summed E-state index contributed by atoms with van der Waals surface area (Å²) < 4.78 is 26.4. The number of carbonyl (C=O) groups is 1. The van der Waals surface area contributed by atoms with Crippen LogP contribution in [0.2, 0.25) is 0 Å². The number of aromatic nitrogens is 4. The number of hydrogen-bond donors (Lipinski definition) is 3. The van der Waals surface area contributed by atoms with E-state index in [9.17, 15) is 9.36 Å². The number of rotatable bonds is 11. The van der Waals surface area contributed by atoms with E-state index in [0.717, 1.165) is 0 Å². The van der Waals surface area contributed by atoms with Crippen molar-refractivity contribution >= 4 is 36.2 Å². The molecule has 12 heteroatoms. The van der Waals surface area contributed by atoms with Gasteiger partial charge in [0.1, 0.15) is 17.9 Å². The summed E-state index contributed by atoms with van der Waals surface area (Å²) in [4.78, 5) is 24.3. The molecule has 0 spiro atoms. The second-order valence-electron chi connectivity index (χ2n) is 6.87. The number of anilines is 2. The van der Waals surface area contributed by atoms with E-state index in [1.54, 1.807) is 49.1 Å². The van der Waals surface area contributed by atoms with E-state index in [0.29, 0.717) is 29.3 Å². The minimum atomic E-state index is -3.50. The lowest BCUT2D eigenvalue weighted by Gasteiger charge is -2.23. The number of ketones is 1. The van der Waals surface area contributed by atoms with Crippen molar-refractivity contribution in [1.29, 1.82) is 0 Å². The van der Waals surface area contributed by atoms with Gasteiger partial charge >= 0.3 is 7.52 Å². The fraction of sp³-hybridized carbons (Fsp3) is 0.368. The third-order valence-electron chi connectivity index (χ3n) is 4.45. The van der Waals surface area contributed by atoms with Crippen molar-refractivity contribution in [1.82, 2.24) is 24.6 Å². The number of Topliss-reactive ketones (excluding diaryl/α,β-unsaturated/α-hetero) is 1. The van der Waals surface area contributed by atoms with Crippen LogP contribution in [-0.2, 0) is 20.6 Å². The smallest absolute Gasteiger partial charge is 0.342 e. The Bertz CT molecular complexity index is 1090. The molecule has 0 fully saturated rings. The molecule has 0 radical (unpaired) electrons. The molecule has 0 bridgehead atoms. The van der Waals surface area contributed by atoms with E-state index in [1.165, 1.54) is 6.92 Å². The van der Waals surface area contributed by atoms with Crippen LogP contribution < -0.4 is 20.7 Å². The van der Waals surface area contributed by atoms with E-state index in [2.05, 4.69) is 25.4 Å². The fourth-order valence-electron chi connectivity index (χ4n) is 2.77. The van der Waals surface area contributed by atoms with Crippen molar-refractivity contribution in [2.75, 3.05) is 31.1 Å². The highest BCUT2D eigenvalue weighted by molar-refractivity contribution is 7.57. The van der Waals surface area contributed by atoms with Crippen molar-refractivity contribution in [2.45, 2.75) is 26.4 Å². The third kappa shape index (κ3) is 5.78. The van der Waals surface area contributed by atoms with Crippen LogP contribution in [0.4, 0.5) is 11.8 Å². The minimum absolute atomic E-state index is 0.128. The molecule has 166 valence electrons. The fourth-order valence-corrected chi connectivity index (χ4v) is 4.56. The zero-order valence-electron chi connectivity index (χ0n) is 17.6. The normalized spacial score (nSPS) is 14.2. The number of fused-ring (bicyclic) bond motifs is 1. The molecule has 4 N–H and O–H groups in total. The van der Waals surface area contributed by atoms with Gasteiger partial charge in [-0.1, -0.05) is 18.2 Å². The Hall–Kier alpha value is -3.01. The van der Waals surface area contributed by atoms with Crippen LogP contribution in [0.15, 0.2) is 36.7 Å². The number of nitrogens with one attached hydrogen (secondary N) is 2. The molecule has 0 aliphatic heterocycles. The van der Waals surface area contributed by atoms with Crippen LogP contribution in [0.5, 0.6) is 5.75 Å².